The predicted molar refractivity (Wildman–Crippen MR) is 68.0 cm³/mol. The monoisotopic (exact) mass is 268 g/mol. The van der Waals surface area contributed by atoms with Crippen molar-refractivity contribution in [2.45, 2.75) is 13.0 Å². The van der Waals surface area contributed by atoms with Crippen LogP contribution in [0.4, 0.5) is 14.6 Å². The summed E-state index contributed by atoms with van der Waals surface area (Å²) < 4.78 is 25.0. The van der Waals surface area contributed by atoms with Gasteiger partial charge in [0.1, 0.15) is 11.0 Å². The molecule has 18 heavy (non-hydrogen) atoms. The van der Waals surface area contributed by atoms with Crippen LogP contribution in [0.15, 0.2) is 42.5 Å². The van der Waals surface area contributed by atoms with Crippen molar-refractivity contribution in [3.05, 3.63) is 58.7 Å². The molecule has 1 N–H and O–H groups in total. The second kappa shape index (κ2) is 5.78. The second-order valence-electron chi connectivity index (χ2n) is 3.74. The van der Waals surface area contributed by atoms with Gasteiger partial charge in [-0.1, -0.05) is 35.9 Å². The number of halogens is 3. The average molecular weight is 269 g/mol. The molecule has 94 valence electrons. The first-order valence-electron chi connectivity index (χ1n) is 5.38. The van der Waals surface area contributed by atoms with Gasteiger partial charge in [-0.05, 0) is 23.8 Å². The van der Waals surface area contributed by atoms with Gasteiger partial charge in [-0.15, -0.1) is 0 Å². The van der Waals surface area contributed by atoms with E-state index in [0.29, 0.717) is 17.5 Å². The molecule has 0 atom stereocenters. The number of nitrogens with one attached hydrogen (secondary N) is 1. The second-order valence-corrected chi connectivity index (χ2v) is 4.13. The standard InChI is InChI=1S/C13H11ClF2N2/c14-11-5-2-6-12(18-11)17-8-9-3-1-4-10(7-9)13(15)16/h1-7,13H,8H2,(H,17,18). The number of rotatable bonds is 4. The Bertz CT molecular complexity index is 532. The molecule has 0 bridgehead atoms. The highest BCUT2D eigenvalue weighted by Gasteiger charge is 2.06. The SMILES string of the molecule is FC(F)c1cccc(CNc2cccc(Cl)n2)c1. The maximum Gasteiger partial charge on any atom is 0.263 e. The maximum atomic E-state index is 12.5. The molecule has 0 saturated heterocycles. The lowest BCUT2D eigenvalue weighted by Crippen LogP contribution is -2.01. The van der Waals surface area contributed by atoms with Crippen molar-refractivity contribution in [3.63, 3.8) is 0 Å². The van der Waals surface area contributed by atoms with E-state index in [1.807, 2.05) is 0 Å². The number of anilines is 1. The van der Waals surface area contributed by atoms with Crippen LogP contribution in [0.3, 0.4) is 0 Å². The molecular weight excluding hydrogens is 258 g/mol. The minimum Gasteiger partial charge on any atom is -0.366 e. The van der Waals surface area contributed by atoms with Crippen LogP contribution >= 0.6 is 11.6 Å². The Labute approximate surface area is 109 Å². The van der Waals surface area contributed by atoms with Crippen LogP contribution in [0.2, 0.25) is 5.15 Å². The zero-order valence-electron chi connectivity index (χ0n) is 9.41. The van der Waals surface area contributed by atoms with Crippen molar-refractivity contribution in [2.24, 2.45) is 0 Å². The topological polar surface area (TPSA) is 24.9 Å². The van der Waals surface area contributed by atoms with Gasteiger partial charge in [0.15, 0.2) is 0 Å². The summed E-state index contributed by atoms with van der Waals surface area (Å²) in [5.41, 5.74) is 0.794. The van der Waals surface area contributed by atoms with Gasteiger partial charge >= 0.3 is 0 Å². The Morgan fingerprint density at radius 3 is 2.67 bits per heavy atom. The molecule has 2 nitrogen and oxygen atoms in total. The number of benzene rings is 1. The van der Waals surface area contributed by atoms with Crippen molar-refractivity contribution in [1.82, 2.24) is 4.98 Å². The van der Waals surface area contributed by atoms with Gasteiger partial charge in [-0.3, -0.25) is 0 Å². The minimum absolute atomic E-state index is 0.0216. The summed E-state index contributed by atoms with van der Waals surface area (Å²) in [4.78, 5) is 4.05. The predicted octanol–water partition coefficient (Wildman–Crippen LogP) is 4.28. The van der Waals surface area contributed by atoms with Crippen LogP contribution in [0.25, 0.3) is 0 Å². The molecule has 5 heteroatoms. The highest BCUT2D eigenvalue weighted by Crippen LogP contribution is 2.20. The number of aromatic nitrogens is 1. The summed E-state index contributed by atoms with van der Waals surface area (Å²) in [6.45, 7) is 0.425. The molecule has 0 amide bonds. The zero-order valence-corrected chi connectivity index (χ0v) is 10.2. The van der Waals surface area contributed by atoms with E-state index < -0.39 is 6.43 Å². The molecule has 2 rings (SSSR count). The third kappa shape index (κ3) is 3.40. The van der Waals surface area contributed by atoms with Crippen LogP contribution in [0, 0.1) is 0 Å². The van der Waals surface area contributed by atoms with E-state index >= 15 is 0 Å². The normalized spacial score (nSPS) is 10.7. The maximum absolute atomic E-state index is 12.5. The Kier molecular flexibility index (Phi) is 4.10. The lowest BCUT2D eigenvalue weighted by molar-refractivity contribution is 0.151. The summed E-state index contributed by atoms with van der Waals surface area (Å²) in [6.07, 6.45) is -2.45. The molecule has 1 aromatic carbocycles. The van der Waals surface area contributed by atoms with E-state index in [-0.39, 0.29) is 5.56 Å². The lowest BCUT2D eigenvalue weighted by atomic mass is 10.1. The van der Waals surface area contributed by atoms with E-state index in [0.717, 1.165) is 5.56 Å². The van der Waals surface area contributed by atoms with E-state index in [1.165, 1.54) is 12.1 Å². The fourth-order valence-electron chi connectivity index (χ4n) is 1.54. The molecular formula is C13H11ClF2N2. The van der Waals surface area contributed by atoms with Crippen molar-refractivity contribution in [1.29, 1.82) is 0 Å². The number of hydrogen-bond acceptors (Lipinski definition) is 2. The summed E-state index contributed by atoms with van der Waals surface area (Å²) in [5.74, 6) is 0.616. The van der Waals surface area contributed by atoms with Crippen molar-refractivity contribution < 1.29 is 8.78 Å². The summed E-state index contributed by atoms with van der Waals surface area (Å²) in [6, 6.07) is 11.5. The Morgan fingerprint density at radius 2 is 1.94 bits per heavy atom. The number of alkyl halides is 2. The average Bonchev–Trinajstić information content (AvgIpc) is 2.37. The molecule has 2 aromatic rings. The Balaban J connectivity index is 2.04. The summed E-state index contributed by atoms with van der Waals surface area (Å²) >= 11 is 5.74. The van der Waals surface area contributed by atoms with Crippen LogP contribution < -0.4 is 5.32 Å². The fraction of sp³-hybridized carbons (Fsp3) is 0.154. The summed E-state index contributed by atoms with van der Waals surface area (Å²) in [7, 11) is 0. The van der Waals surface area contributed by atoms with Gasteiger partial charge in [-0.25, -0.2) is 13.8 Å². The quantitative estimate of drug-likeness (QED) is 0.837. The summed E-state index contributed by atoms with van der Waals surface area (Å²) in [5, 5.41) is 3.42. The van der Waals surface area contributed by atoms with Gasteiger partial charge in [0.2, 0.25) is 0 Å². The lowest BCUT2D eigenvalue weighted by Gasteiger charge is -2.07. The van der Waals surface area contributed by atoms with E-state index in [1.54, 1.807) is 30.3 Å². The van der Waals surface area contributed by atoms with E-state index in [9.17, 15) is 8.78 Å². The Hall–Kier alpha value is -1.68. The van der Waals surface area contributed by atoms with Crippen LogP contribution in [-0.2, 0) is 6.54 Å². The molecule has 0 aliphatic carbocycles. The number of pyridine rings is 1. The molecule has 0 saturated carbocycles. The van der Waals surface area contributed by atoms with Gasteiger partial charge in [0, 0.05) is 12.1 Å². The fourth-order valence-corrected chi connectivity index (χ4v) is 1.70. The molecule has 0 radical (unpaired) electrons. The molecule has 1 heterocycles. The van der Waals surface area contributed by atoms with Gasteiger partial charge in [0.05, 0.1) is 0 Å². The van der Waals surface area contributed by atoms with Crippen molar-refractivity contribution in [3.8, 4) is 0 Å². The molecule has 1 aromatic heterocycles. The third-order valence-corrected chi connectivity index (χ3v) is 2.60. The first-order valence-corrected chi connectivity index (χ1v) is 5.76. The van der Waals surface area contributed by atoms with Crippen LogP contribution in [-0.4, -0.2) is 4.98 Å². The van der Waals surface area contributed by atoms with E-state index in [2.05, 4.69) is 10.3 Å². The highest BCUT2D eigenvalue weighted by atomic mass is 35.5. The molecule has 0 spiro atoms. The largest absolute Gasteiger partial charge is 0.366 e. The molecule has 0 fully saturated rings. The minimum atomic E-state index is -2.45. The third-order valence-electron chi connectivity index (χ3n) is 2.39. The molecule has 0 aliphatic rings. The van der Waals surface area contributed by atoms with Crippen molar-refractivity contribution in [2.75, 3.05) is 5.32 Å². The number of hydrogen-bond donors (Lipinski definition) is 1. The van der Waals surface area contributed by atoms with Gasteiger partial charge in [-0.2, -0.15) is 0 Å². The molecule has 0 unspecified atom stereocenters. The first-order chi connectivity index (χ1) is 8.65. The van der Waals surface area contributed by atoms with Crippen LogP contribution in [0.1, 0.15) is 17.6 Å². The smallest absolute Gasteiger partial charge is 0.263 e. The zero-order chi connectivity index (χ0) is 13.0. The highest BCUT2D eigenvalue weighted by molar-refractivity contribution is 6.29. The van der Waals surface area contributed by atoms with Crippen molar-refractivity contribution >= 4 is 17.4 Å². The molecule has 0 aliphatic heterocycles. The van der Waals surface area contributed by atoms with Crippen LogP contribution in [0.5, 0.6) is 0 Å². The first kappa shape index (κ1) is 12.8. The van der Waals surface area contributed by atoms with Gasteiger partial charge in [0.25, 0.3) is 6.43 Å². The van der Waals surface area contributed by atoms with Gasteiger partial charge < -0.3 is 5.32 Å². The number of nitrogens with zero attached hydrogens (tertiary/aromatic N) is 1. The Morgan fingerprint density at radius 1 is 1.17 bits per heavy atom. The van der Waals surface area contributed by atoms with E-state index in [4.69, 9.17) is 11.6 Å².